The van der Waals surface area contributed by atoms with Gasteiger partial charge in [-0.05, 0) is 71.1 Å². The lowest BCUT2D eigenvalue weighted by molar-refractivity contribution is -0.178. The standard InChI is InChI=1S/C58H50N8O9S/c1-34(2)47(53(69)73-3)60-57(72)65-42-29-28-35(17-16-30-64-43-25-13-11-23-40(43)62-63-64)33-39(42)58(55(65)71)46(52(68)61-56-59-41-24-12-15-27-45(41)76-56)49-54(70)75-50(37-20-8-5-9-21-37)48(36-18-6-4-7-19-36)66(49)51(58)38-22-10-14-26-44(38)74-32-31-67/h4-15,18-29,33-34,46-51,67H,30-32H2,1-3H3,(H,60,72)(H,59,61,68)/t46-,47-,48-,49-,50+,51+,58-/m0/s1. The van der Waals surface area contributed by atoms with Crippen molar-refractivity contribution in [3.63, 3.8) is 0 Å². The zero-order chi connectivity index (χ0) is 52.7. The highest BCUT2D eigenvalue weighted by molar-refractivity contribution is 7.22. The number of carbonyl (C=O) groups is 5. The number of rotatable bonds is 12. The molecule has 4 amide bonds. The predicted molar refractivity (Wildman–Crippen MR) is 283 cm³/mol. The number of methoxy groups -OCH3 is 1. The second kappa shape index (κ2) is 20.5. The van der Waals surface area contributed by atoms with Crippen LogP contribution >= 0.6 is 11.3 Å². The maximum Gasteiger partial charge on any atom is 0.329 e. The topological polar surface area (TPSA) is 207 Å². The molecule has 0 aliphatic carbocycles. The molecule has 7 atom stereocenters. The first-order valence-electron chi connectivity index (χ1n) is 24.7. The molecule has 2 aromatic heterocycles. The Bertz CT molecular complexity index is 3580. The number of nitrogens with zero attached hydrogens (tertiary/aromatic N) is 6. The number of cyclic esters (lactones) is 1. The van der Waals surface area contributed by atoms with Crippen molar-refractivity contribution < 1.29 is 43.3 Å². The van der Waals surface area contributed by atoms with Crippen LogP contribution in [0.2, 0.25) is 0 Å². The van der Waals surface area contributed by atoms with Crippen LogP contribution in [0.15, 0.2) is 152 Å². The molecule has 18 heteroatoms. The number of para-hydroxylation sites is 3. The Kier molecular flexibility index (Phi) is 13.3. The van der Waals surface area contributed by atoms with E-state index in [1.54, 1.807) is 61.0 Å². The second-order valence-corrected chi connectivity index (χ2v) is 20.0. The fraction of sp³-hybridized carbons (Fsp3) is 0.241. The van der Waals surface area contributed by atoms with E-state index < -0.39 is 77.3 Å². The Morgan fingerprint density at radius 2 is 1.54 bits per heavy atom. The Morgan fingerprint density at radius 1 is 0.842 bits per heavy atom. The summed E-state index contributed by atoms with van der Waals surface area (Å²) in [6, 6.07) is 39.4. The number of hydrogen-bond donors (Lipinski definition) is 3. The van der Waals surface area contributed by atoms with Crippen LogP contribution in [0.3, 0.4) is 0 Å². The summed E-state index contributed by atoms with van der Waals surface area (Å²) in [5, 5.41) is 24.8. The number of anilines is 2. The SMILES string of the molecule is COC(=O)[C@@H](NC(=O)N1C(=O)[C@@]2(c3cc(C#CCn4nnc5ccccc54)ccc31)[C@H](C(=O)Nc1nc3ccccc3s1)[C@H]1C(=O)O[C@H](c3ccccc3)[C@H](c3ccccc3)N1[C@@H]2c1ccccc1OCCO)C(C)C. The molecule has 3 aliphatic heterocycles. The average Bonchev–Trinajstić information content (AvgIpc) is 3.84. The van der Waals surface area contributed by atoms with Gasteiger partial charge in [0, 0.05) is 11.1 Å². The van der Waals surface area contributed by atoms with Crippen molar-refractivity contribution >= 4 is 73.2 Å². The summed E-state index contributed by atoms with van der Waals surface area (Å²) in [5.74, 6) is 1.30. The van der Waals surface area contributed by atoms with Gasteiger partial charge in [-0.25, -0.2) is 24.2 Å². The summed E-state index contributed by atoms with van der Waals surface area (Å²) in [4.78, 5) is 85.0. The smallest absolute Gasteiger partial charge is 0.329 e. The number of nitrogens with one attached hydrogen (secondary N) is 2. The molecule has 11 rings (SSSR count). The van der Waals surface area contributed by atoms with E-state index in [2.05, 4.69) is 32.8 Å². The lowest BCUT2D eigenvalue weighted by Gasteiger charge is -2.46. The van der Waals surface area contributed by atoms with Crippen LogP contribution in [0.4, 0.5) is 15.6 Å². The zero-order valence-corrected chi connectivity index (χ0v) is 42.2. The molecule has 5 heterocycles. The number of morpholine rings is 1. The van der Waals surface area contributed by atoms with Gasteiger partial charge < -0.3 is 30.0 Å². The number of aromatic nitrogens is 4. The highest BCUT2D eigenvalue weighted by Gasteiger charge is 2.76. The monoisotopic (exact) mass is 1030 g/mol. The molecule has 0 unspecified atom stereocenters. The van der Waals surface area contributed by atoms with Gasteiger partial charge >= 0.3 is 18.0 Å². The summed E-state index contributed by atoms with van der Waals surface area (Å²) in [5.41, 5.74) is 2.19. The van der Waals surface area contributed by atoms with Crippen molar-refractivity contribution in [1.82, 2.24) is 30.2 Å². The summed E-state index contributed by atoms with van der Waals surface area (Å²) in [6.07, 6.45) is -1.00. The van der Waals surface area contributed by atoms with Crippen molar-refractivity contribution in [2.45, 2.75) is 56.1 Å². The molecule has 3 aliphatic rings. The van der Waals surface area contributed by atoms with Crippen molar-refractivity contribution in [1.29, 1.82) is 0 Å². The largest absolute Gasteiger partial charge is 0.491 e. The molecule has 0 bridgehead atoms. The van der Waals surface area contributed by atoms with Gasteiger partial charge in [0.05, 0.1) is 53.1 Å². The molecule has 2 saturated heterocycles. The molecule has 6 aromatic carbocycles. The third-order valence-electron chi connectivity index (χ3n) is 14.3. The van der Waals surface area contributed by atoms with E-state index in [4.69, 9.17) is 19.2 Å². The number of aliphatic hydroxyl groups excluding tert-OH is 1. The van der Waals surface area contributed by atoms with Gasteiger partial charge in [0.25, 0.3) is 0 Å². The zero-order valence-electron chi connectivity index (χ0n) is 41.4. The molecule has 1 spiro atoms. The first-order valence-corrected chi connectivity index (χ1v) is 25.6. The van der Waals surface area contributed by atoms with Crippen LogP contribution in [-0.4, -0.2) is 92.2 Å². The van der Waals surface area contributed by atoms with Gasteiger partial charge in [-0.15, -0.1) is 5.10 Å². The third kappa shape index (κ3) is 8.47. The number of fused-ring (bicyclic) bond motifs is 5. The van der Waals surface area contributed by atoms with Crippen LogP contribution in [0.5, 0.6) is 5.75 Å². The van der Waals surface area contributed by atoms with Crippen LogP contribution < -0.4 is 20.3 Å². The Labute approximate surface area is 440 Å². The van der Waals surface area contributed by atoms with Crippen LogP contribution in [0, 0.1) is 23.7 Å². The molecule has 2 fully saturated rings. The summed E-state index contributed by atoms with van der Waals surface area (Å²) >= 11 is 1.22. The fourth-order valence-corrected chi connectivity index (χ4v) is 12.0. The van der Waals surface area contributed by atoms with Crippen LogP contribution in [0.25, 0.3) is 21.3 Å². The third-order valence-corrected chi connectivity index (χ3v) is 15.3. The Morgan fingerprint density at radius 3 is 2.28 bits per heavy atom. The highest BCUT2D eigenvalue weighted by atomic mass is 32.1. The Hall–Kier alpha value is -8.76. The predicted octanol–water partition coefficient (Wildman–Crippen LogP) is 7.68. The van der Waals surface area contributed by atoms with Crippen molar-refractivity contribution in [3.05, 3.63) is 179 Å². The minimum absolute atomic E-state index is 0.0725. The number of esters is 2. The number of imide groups is 1. The average molecular weight is 1040 g/mol. The lowest BCUT2D eigenvalue weighted by atomic mass is 9.65. The van der Waals surface area contributed by atoms with E-state index in [9.17, 15) is 9.90 Å². The Balaban J connectivity index is 1.20. The van der Waals surface area contributed by atoms with Gasteiger partial charge in [0.15, 0.2) is 5.13 Å². The first-order chi connectivity index (χ1) is 37.0. The normalized spacial score (nSPS) is 21.2. The second-order valence-electron chi connectivity index (χ2n) is 19.0. The first kappa shape index (κ1) is 49.5. The maximum absolute atomic E-state index is 16.9. The molecule has 3 N–H and O–H groups in total. The number of ether oxygens (including phenoxy) is 3. The van der Waals surface area contributed by atoms with E-state index >= 15 is 19.2 Å². The maximum atomic E-state index is 16.9. The number of amides is 4. The number of carbonyl (C=O) groups excluding carboxylic acids is 5. The summed E-state index contributed by atoms with van der Waals surface area (Å²) < 4.78 is 20.6. The van der Waals surface area contributed by atoms with Crippen molar-refractivity contribution in [2.24, 2.45) is 11.8 Å². The van der Waals surface area contributed by atoms with Crippen LogP contribution in [0.1, 0.15) is 59.9 Å². The number of aliphatic hydroxyl groups is 1. The number of urea groups is 1. The molecular formula is C58H50N8O9S. The van der Waals surface area contributed by atoms with E-state index in [-0.39, 0.29) is 41.9 Å². The summed E-state index contributed by atoms with van der Waals surface area (Å²) in [7, 11) is 1.21. The van der Waals surface area contributed by atoms with Crippen LogP contribution in [-0.2, 0) is 40.6 Å². The highest BCUT2D eigenvalue weighted by Crippen LogP contribution is 2.67. The molecule has 8 aromatic rings. The fourth-order valence-electron chi connectivity index (χ4n) is 11.1. The number of thiazole rings is 1. The minimum Gasteiger partial charge on any atom is -0.491 e. The quantitative estimate of drug-likeness (QED) is 0.0794. The number of hydrogen-bond acceptors (Lipinski definition) is 14. The molecule has 76 heavy (non-hydrogen) atoms. The van der Waals surface area contributed by atoms with Gasteiger partial charge in [-0.3, -0.25) is 19.3 Å². The molecular weight excluding hydrogens is 985 g/mol. The van der Waals surface area contributed by atoms with Gasteiger partial charge in [-0.1, -0.05) is 145 Å². The number of benzene rings is 6. The molecule has 0 radical (unpaired) electrons. The van der Waals surface area contributed by atoms with Gasteiger partial charge in [0.2, 0.25) is 11.8 Å². The van der Waals surface area contributed by atoms with Gasteiger partial charge in [-0.2, -0.15) is 0 Å². The molecule has 0 saturated carbocycles. The molecule has 382 valence electrons. The molecule has 17 nitrogen and oxygen atoms in total. The van der Waals surface area contributed by atoms with E-state index in [0.29, 0.717) is 33.3 Å². The van der Waals surface area contributed by atoms with E-state index in [1.807, 2.05) is 114 Å². The van der Waals surface area contributed by atoms with Gasteiger partial charge in [0.1, 0.15) is 48.0 Å². The van der Waals surface area contributed by atoms with E-state index in [0.717, 1.165) is 15.1 Å². The minimum atomic E-state index is -2.23. The van der Waals surface area contributed by atoms with Crippen molar-refractivity contribution in [3.8, 4) is 17.6 Å². The lowest BCUT2D eigenvalue weighted by Crippen LogP contribution is -2.57. The van der Waals surface area contributed by atoms with E-state index in [1.165, 1.54) is 18.4 Å². The van der Waals surface area contributed by atoms with Crippen molar-refractivity contribution in [2.75, 3.05) is 30.5 Å². The summed E-state index contributed by atoms with van der Waals surface area (Å²) in [6.45, 7) is 3.07.